The second-order valence-corrected chi connectivity index (χ2v) is 4.37. The summed E-state index contributed by atoms with van der Waals surface area (Å²) in [4.78, 5) is 15.2. The number of carboxylic acid groups (broad SMARTS) is 1. The van der Waals surface area contributed by atoms with Crippen LogP contribution in [0.4, 0.5) is 4.39 Å². The molecule has 0 aliphatic heterocycles. The zero-order valence-electron chi connectivity index (χ0n) is 8.94. The Balaban J connectivity index is 2.73. The van der Waals surface area contributed by atoms with Gasteiger partial charge in [0, 0.05) is 6.07 Å². The average molecular weight is 308 g/mol. The van der Waals surface area contributed by atoms with Gasteiger partial charge in [-0.05, 0) is 35.0 Å². The summed E-state index contributed by atoms with van der Waals surface area (Å²) in [5.74, 6) is 3.30. The van der Waals surface area contributed by atoms with Crippen molar-refractivity contribution in [2.24, 2.45) is 5.90 Å². The van der Waals surface area contributed by atoms with Gasteiger partial charge in [-0.25, -0.2) is 15.1 Å². The quantitative estimate of drug-likeness (QED) is 0.809. The summed E-state index contributed by atoms with van der Waals surface area (Å²) in [6.45, 7) is 0.921. The predicted octanol–water partition coefficient (Wildman–Crippen LogP) is 1.70. The summed E-state index contributed by atoms with van der Waals surface area (Å²) < 4.78 is 18.5. The molecule has 0 saturated carbocycles. The summed E-state index contributed by atoms with van der Waals surface area (Å²) in [5, 5.41) is 8.84. The molecular formula is C10H11BrFNO4. The summed E-state index contributed by atoms with van der Waals surface area (Å²) >= 11 is 2.99. The zero-order chi connectivity index (χ0) is 13.1. The number of nitrogens with two attached hydrogens (primary N) is 1. The molecule has 17 heavy (non-hydrogen) atoms. The highest BCUT2D eigenvalue weighted by Crippen LogP contribution is 2.22. The molecule has 0 saturated heterocycles. The van der Waals surface area contributed by atoms with Crippen LogP contribution >= 0.6 is 15.9 Å². The fraction of sp³-hybridized carbons (Fsp3) is 0.300. The van der Waals surface area contributed by atoms with E-state index < -0.39 is 17.4 Å². The number of rotatable bonds is 5. The monoisotopic (exact) mass is 307 g/mol. The molecule has 1 aromatic rings. The van der Waals surface area contributed by atoms with Crippen molar-refractivity contribution < 1.29 is 23.9 Å². The standard InChI is InChI=1S/C10H11BrFNO4/c1-10(17-13,9(14)15)5-16-6-2-3-7(11)8(12)4-6/h2-4H,5,13H2,1H3,(H,14,15). The summed E-state index contributed by atoms with van der Waals surface area (Å²) in [7, 11) is 0. The molecule has 0 radical (unpaired) electrons. The second kappa shape index (κ2) is 5.44. The average Bonchev–Trinajstić information content (AvgIpc) is 2.30. The smallest absolute Gasteiger partial charge is 0.341 e. The van der Waals surface area contributed by atoms with Crippen molar-refractivity contribution in [1.82, 2.24) is 0 Å². The largest absolute Gasteiger partial charge is 0.490 e. The van der Waals surface area contributed by atoms with Crippen LogP contribution in [0.25, 0.3) is 0 Å². The van der Waals surface area contributed by atoms with Gasteiger partial charge in [-0.1, -0.05) is 0 Å². The SMILES string of the molecule is CC(COc1ccc(Br)c(F)c1)(ON)C(=O)O. The number of halogens is 2. The maximum atomic E-state index is 13.1. The third-order valence-electron chi connectivity index (χ3n) is 2.12. The normalized spacial score (nSPS) is 14.1. The lowest BCUT2D eigenvalue weighted by Gasteiger charge is -2.22. The molecule has 0 spiro atoms. The Morgan fingerprint density at radius 1 is 1.65 bits per heavy atom. The van der Waals surface area contributed by atoms with Crippen LogP contribution in [0.2, 0.25) is 0 Å². The molecule has 0 aliphatic rings. The lowest BCUT2D eigenvalue weighted by atomic mass is 10.1. The van der Waals surface area contributed by atoms with Crippen LogP contribution in [-0.4, -0.2) is 23.3 Å². The first-order valence-electron chi connectivity index (χ1n) is 4.58. The lowest BCUT2D eigenvalue weighted by molar-refractivity contribution is -0.168. The molecule has 3 N–H and O–H groups in total. The molecule has 1 unspecified atom stereocenters. The molecule has 0 bridgehead atoms. The molecule has 0 fully saturated rings. The highest BCUT2D eigenvalue weighted by atomic mass is 79.9. The summed E-state index contributed by atoms with van der Waals surface area (Å²) in [6.07, 6.45) is 0. The Hall–Kier alpha value is -1.18. The van der Waals surface area contributed by atoms with E-state index in [2.05, 4.69) is 20.8 Å². The Labute approximate surface area is 105 Å². The number of aliphatic carboxylic acids is 1. The van der Waals surface area contributed by atoms with Crippen LogP contribution in [-0.2, 0) is 9.63 Å². The Kier molecular flexibility index (Phi) is 4.44. The zero-order valence-corrected chi connectivity index (χ0v) is 10.5. The minimum atomic E-state index is -1.68. The van der Waals surface area contributed by atoms with E-state index in [0.29, 0.717) is 4.47 Å². The van der Waals surface area contributed by atoms with Crippen LogP contribution in [0, 0.1) is 5.82 Å². The third kappa shape index (κ3) is 3.39. The molecule has 0 aromatic heterocycles. The van der Waals surface area contributed by atoms with Crippen molar-refractivity contribution in [3.63, 3.8) is 0 Å². The first-order valence-corrected chi connectivity index (χ1v) is 5.37. The fourth-order valence-corrected chi connectivity index (χ4v) is 1.18. The van der Waals surface area contributed by atoms with Gasteiger partial charge in [-0.3, -0.25) is 4.84 Å². The molecule has 1 atom stereocenters. The molecule has 0 aliphatic carbocycles. The first kappa shape index (κ1) is 13.9. The molecule has 94 valence electrons. The van der Waals surface area contributed by atoms with E-state index in [1.54, 1.807) is 0 Å². The Morgan fingerprint density at radius 2 is 2.29 bits per heavy atom. The topological polar surface area (TPSA) is 81.8 Å². The fourth-order valence-electron chi connectivity index (χ4n) is 0.934. The van der Waals surface area contributed by atoms with E-state index in [0.717, 1.165) is 6.07 Å². The van der Waals surface area contributed by atoms with Crippen molar-refractivity contribution in [3.05, 3.63) is 28.5 Å². The van der Waals surface area contributed by atoms with Gasteiger partial charge in [0.25, 0.3) is 0 Å². The van der Waals surface area contributed by atoms with Gasteiger partial charge < -0.3 is 9.84 Å². The second-order valence-electron chi connectivity index (χ2n) is 3.52. The first-order chi connectivity index (χ1) is 7.89. The minimum Gasteiger partial charge on any atom is -0.490 e. The molecule has 5 nitrogen and oxygen atoms in total. The van der Waals surface area contributed by atoms with E-state index >= 15 is 0 Å². The van der Waals surface area contributed by atoms with Gasteiger partial charge in [-0.15, -0.1) is 0 Å². The van der Waals surface area contributed by atoms with Gasteiger partial charge in [0.1, 0.15) is 18.2 Å². The number of benzene rings is 1. The number of carboxylic acids is 1. The maximum absolute atomic E-state index is 13.1. The van der Waals surface area contributed by atoms with Crippen LogP contribution < -0.4 is 10.6 Å². The molecule has 7 heteroatoms. The maximum Gasteiger partial charge on any atom is 0.341 e. The summed E-state index contributed by atoms with van der Waals surface area (Å²) in [5.41, 5.74) is -1.68. The van der Waals surface area contributed by atoms with Crippen molar-refractivity contribution in [2.75, 3.05) is 6.61 Å². The van der Waals surface area contributed by atoms with Crippen LogP contribution in [0.15, 0.2) is 22.7 Å². The van der Waals surface area contributed by atoms with Crippen LogP contribution in [0.3, 0.4) is 0 Å². The van der Waals surface area contributed by atoms with Gasteiger partial charge in [0.15, 0.2) is 0 Å². The number of ether oxygens (including phenoxy) is 1. The van der Waals surface area contributed by atoms with Gasteiger partial charge in [0.2, 0.25) is 5.60 Å². The predicted molar refractivity (Wildman–Crippen MR) is 60.9 cm³/mol. The molecule has 1 aromatic carbocycles. The molecule has 1 rings (SSSR count). The van der Waals surface area contributed by atoms with Crippen molar-refractivity contribution in [2.45, 2.75) is 12.5 Å². The van der Waals surface area contributed by atoms with Crippen molar-refractivity contribution >= 4 is 21.9 Å². The minimum absolute atomic E-state index is 0.190. The van der Waals surface area contributed by atoms with Crippen molar-refractivity contribution in [3.8, 4) is 5.75 Å². The summed E-state index contributed by atoms with van der Waals surface area (Å²) in [6, 6.07) is 4.07. The third-order valence-corrected chi connectivity index (χ3v) is 2.76. The Morgan fingerprint density at radius 3 is 2.76 bits per heavy atom. The van der Waals surface area contributed by atoms with Crippen LogP contribution in [0.1, 0.15) is 6.92 Å². The number of carbonyl (C=O) groups is 1. The van der Waals surface area contributed by atoms with E-state index in [1.165, 1.54) is 19.1 Å². The van der Waals surface area contributed by atoms with E-state index in [9.17, 15) is 9.18 Å². The van der Waals surface area contributed by atoms with E-state index in [-0.39, 0.29) is 12.4 Å². The van der Waals surface area contributed by atoms with Gasteiger partial charge in [0.05, 0.1) is 4.47 Å². The Bertz CT molecular complexity index is 429. The van der Waals surface area contributed by atoms with Crippen LogP contribution in [0.5, 0.6) is 5.75 Å². The molecular weight excluding hydrogens is 297 g/mol. The molecule has 0 heterocycles. The highest BCUT2D eigenvalue weighted by Gasteiger charge is 2.35. The number of hydrogen-bond donors (Lipinski definition) is 2. The van der Waals surface area contributed by atoms with E-state index in [1.807, 2.05) is 0 Å². The van der Waals surface area contributed by atoms with E-state index in [4.69, 9.17) is 15.7 Å². The van der Waals surface area contributed by atoms with Crippen molar-refractivity contribution in [1.29, 1.82) is 0 Å². The lowest BCUT2D eigenvalue weighted by Crippen LogP contribution is -2.46. The van der Waals surface area contributed by atoms with Gasteiger partial charge in [-0.2, -0.15) is 0 Å². The highest BCUT2D eigenvalue weighted by molar-refractivity contribution is 9.10. The van der Waals surface area contributed by atoms with Gasteiger partial charge >= 0.3 is 5.97 Å². The molecule has 0 amide bonds. The number of hydrogen-bond acceptors (Lipinski definition) is 4.